The second-order valence-corrected chi connectivity index (χ2v) is 7.49. The lowest BCUT2D eigenvalue weighted by atomic mass is 10.0. The molecule has 0 atom stereocenters. The van der Waals surface area contributed by atoms with Crippen LogP contribution in [0.2, 0.25) is 0 Å². The predicted molar refractivity (Wildman–Crippen MR) is 130 cm³/mol. The van der Waals surface area contributed by atoms with E-state index in [1.807, 2.05) is 55.9 Å². The van der Waals surface area contributed by atoms with Gasteiger partial charge in [0.25, 0.3) is 5.91 Å². The lowest BCUT2D eigenvalue weighted by molar-refractivity contribution is 0.0949. The predicted octanol–water partition coefficient (Wildman–Crippen LogP) is 3.30. The maximum Gasteiger partial charge on any atom is 0.251 e. The van der Waals surface area contributed by atoms with Gasteiger partial charge < -0.3 is 20.1 Å². The average molecular weight is 446 g/mol. The molecule has 3 aromatic rings. The molecule has 0 spiro atoms. The van der Waals surface area contributed by atoms with Crippen molar-refractivity contribution in [2.24, 2.45) is 4.99 Å². The molecule has 2 N–H and O–H groups in total. The van der Waals surface area contributed by atoms with Crippen molar-refractivity contribution in [1.82, 2.24) is 20.2 Å². The number of nitrogens with zero attached hydrogens (tertiary/aromatic N) is 3. The Morgan fingerprint density at radius 1 is 1.30 bits per heavy atom. The van der Waals surface area contributed by atoms with Crippen LogP contribution in [0.4, 0.5) is 0 Å². The lowest BCUT2D eigenvalue weighted by Crippen LogP contribution is -2.25. The monoisotopic (exact) mass is 445 g/mol. The first-order chi connectivity index (χ1) is 16.1. The van der Waals surface area contributed by atoms with Crippen LogP contribution in [-0.2, 0) is 4.74 Å². The van der Waals surface area contributed by atoms with Crippen LogP contribution < -0.4 is 15.4 Å². The number of hydrogen-bond donors (Lipinski definition) is 2. The molecule has 0 saturated carbocycles. The molecule has 0 radical (unpaired) electrons. The van der Waals surface area contributed by atoms with Crippen LogP contribution in [-0.4, -0.2) is 56.1 Å². The molecule has 1 aromatic carbocycles. The summed E-state index contributed by atoms with van der Waals surface area (Å²) in [6.07, 6.45) is 10.3. The van der Waals surface area contributed by atoms with Gasteiger partial charge in [0.05, 0.1) is 26.5 Å². The Balaban J connectivity index is 1.61. The number of aromatic nitrogens is 2. The van der Waals surface area contributed by atoms with Gasteiger partial charge in [-0.3, -0.25) is 9.79 Å². The number of pyridine rings is 1. The van der Waals surface area contributed by atoms with Crippen molar-refractivity contribution in [1.29, 1.82) is 0 Å². The number of amides is 1. The maximum absolute atomic E-state index is 12.5. The normalized spacial score (nSPS) is 13.8. The van der Waals surface area contributed by atoms with E-state index < -0.39 is 0 Å². The average Bonchev–Trinajstić information content (AvgIpc) is 3.52. The van der Waals surface area contributed by atoms with Gasteiger partial charge in [0, 0.05) is 61.4 Å². The molecule has 8 nitrogen and oxygen atoms in total. The van der Waals surface area contributed by atoms with E-state index in [9.17, 15) is 4.79 Å². The fourth-order valence-electron chi connectivity index (χ4n) is 3.76. The number of nitrogens with one attached hydrogen (secondary N) is 2. The maximum atomic E-state index is 12.5. The Bertz CT molecular complexity index is 1240. The van der Waals surface area contributed by atoms with E-state index in [4.69, 9.17) is 9.47 Å². The molecule has 8 heteroatoms. The Morgan fingerprint density at radius 3 is 2.79 bits per heavy atom. The van der Waals surface area contributed by atoms with Crippen LogP contribution in [0.3, 0.4) is 0 Å². The van der Waals surface area contributed by atoms with E-state index in [1.54, 1.807) is 31.1 Å². The summed E-state index contributed by atoms with van der Waals surface area (Å²) in [4.78, 5) is 16.6. The van der Waals surface area contributed by atoms with Crippen LogP contribution in [0.15, 0.2) is 65.8 Å². The number of fused-ring (bicyclic) bond motifs is 1. The Morgan fingerprint density at radius 2 is 2.12 bits per heavy atom. The van der Waals surface area contributed by atoms with E-state index >= 15 is 0 Å². The minimum Gasteiger partial charge on any atom is -0.496 e. The van der Waals surface area contributed by atoms with Crippen LogP contribution in [0.5, 0.6) is 5.75 Å². The topological polar surface area (TPSA) is 89.2 Å². The molecular weight excluding hydrogens is 418 g/mol. The summed E-state index contributed by atoms with van der Waals surface area (Å²) < 4.78 is 12.9. The van der Waals surface area contributed by atoms with Gasteiger partial charge in [-0.1, -0.05) is 12.1 Å². The number of carbonyl (C=O) groups is 1. The van der Waals surface area contributed by atoms with Crippen molar-refractivity contribution in [2.45, 2.75) is 6.42 Å². The Hall–Kier alpha value is -4.07. The van der Waals surface area contributed by atoms with E-state index in [-0.39, 0.29) is 5.91 Å². The van der Waals surface area contributed by atoms with E-state index in [1.165, 1.54) is 0 Å². The molecule has 4 rings (SSSR count). The molecule has 1 aliphatic heterocycles. The molecular formula is C25H27N5O3. The fourth-order valence-corrected chi connectivity index (χ4v) is 3.76. The number of rotatable bonds is 8. The number of aliphatic imine (C=N–C) groups is 1. The Labute approximate surface area is 192 Å². The van der Waals surface area contributed by atoms with Gasteiger partial charge in [-0.05, 0) is 29.8 Å². The second kappa shape index (κ2) is 10.0. The highest BCUT2D eigenvalue weighted by molar-refractivity contribution is 6.10. The van der Waals surface area contributed by atoms with Crippen molar-refractivity contribution in [3.8, 4) is 16.9 Å². The summed E-state index contributed by atoms with van der Waals surface area (Å²) in [6, 6.07) is 9.42. The summed E-state index contributed by atoms with van der Waals surface area (Å²) in [5, 5.41) is 10.5. The molecule has 1 amide bonds. The largest absolute Gasteiger partial charge is 0.496 e. The first kappa shape index (κ1) is 22.1. The summed E-state index contributed by atoms with van der Waals surface area (Å²) in [5.74, 6) is 1.37. The smallest absolute Gasteiger partial charge is 0.251 e. The molecule has 0 saturated heterocycles. The second-order valence-electron chi connectivity index (χ2n) is 7.49. The van der Waals surface area contributed by atoms with Gasteiger partial charge in [-0.15, -0.1) is 0 Å². The zero-order chi connectivity index (χ0) is 23.2. The molecule has 170 valence electrons. The Kier molecular flexibility index (Phi) is 6.73. The highest BCUT2D eigenvalue weighted by Gasteiger charge is 2.16. The summed E-state index contributed by atoms with van der Waals surface area (Å²) >= 11 is 0. The fraction of sp³-hybridized carbons (Fsp3) is 0.240. The molecule has 2 aromatic heterocycles. The van der Waals surface area contributed by atoms with Gasteiger partial charge in [0.2, 0.25) is 0 Å². The minimum atomic E-state index is -0.138. The first-order valence-electron chi connectivity index (χ1n) is 10.7. The molecule has 0 fully saturated rings. The van der Waals surface area contributed by atoms with E-state index in [2.05, 4.69) is 20.7 Å². The molecule has 3 heterocycles. The summed E-state index contributed by atoms with van der Waals surface area (Å²) in [7, 11) is 5.21. The summed E-state index contributed by atoms with van der Waals surface area (Å²) in [6.45, 7) is 1.09. The number of benzene rings is 1. The number of ether oxygens (including phenoxy) is 2. The first-order valence-corrected chi connectivity index (χ1v) is 10.7. The number of carbonyl (C=O) groups excluding carboxylic acids is 1. The third kappa shape index (κ3) is 4.74. The standard InChI is InChI=1S/C25H27N5O3/c1-26-12-20(13-27-2)19-11-23(32-3)24-22(15-29-30(24)16-19)17-6-8-18(9-7-17)25(31)28-14-21-5-4-10-33-21/h5-9,11-13,15-16,26H,4,10,14H2,1-3H3,(H,28,31)/b20-12+,27-13?. The zero-order valence-electron chi connectivity index (χ0n) is 19.0. The lowest BCUT2D eigenvalue weighted by Gasteiger charge is -2.10. The van der Waals surface area contributed by atoms with Crippen LogP contribution in [0.25, 0.3) is 22.2 Å². The highest BCUT2D eigenvalue weighted by Crippen LogP contribution is 2.33. The van der Waals surface area contributed by atoms with Crippen molar-refractivity contribution in [3.05, 3.63) is 71.9 Å². The molecule has 0 bridgehead atoms. The third-order valence-electron chi connectivity index (χ3n) is 5.36. The van der Waals surface area contributed by atoms with Gasteiger partial charge in [-0.25, -0.2) is 4.52 Å². The van der Waals surface area contributed by atoms with Crippen molar-refractivity contribution in [3.63, 3.8) is 0 Å². The van der Waals surface area contributed by atoms with Crippen LogP contribution >= 0.6 is 0 Å². The molecule has 33 heavy (non-hydrogen) atoms. The third-order valence-corrected chi connectivity index (χ3v) is 5.36. The van der Waals surface area contributed by atoms with Crippen molar-refractivity contribution in [2.75, 3.05) is 34.4 Å². The summed E-state index contributed by atoms with van der Waals surface area (Å²) in [5.41, 5.74) is 5.12. The SMILES string of the molecule is CN=C/C(=C\NC)c1cc(OC)c2c(-c3ccc(C(=O)NCC4=CCCO4)cc3)cnn2c1. The molecule has 0 aliphatic carbocycles. The number of allylic oxidation sites excluding steroid dienone is 1. The highest BCUT2D eigenvalue weighted by atomic mass is 16.5. The van der Waals surface area contributed by atoms with Crippen LogP contribution in [0.1, 0.15) is 22.3 Å². The quantitative estimate of drug-likeness (QED) is 0.520. The minimum absolute atomic E-state index is 0.138. The molecule has 1 aliphatic rings. The van der Waals surface area contributed by atoms with E-state index in [0.717, 1.165) is 40.0 Å². The van der Waals surface area contributed by atoms with Crippen molar-refractivity contribution < 1.29 is 14.3 Å². The van der Waals surface area contributed by atoms with Gasteiger partial charge in [0.1, 0.15) is 17.0 Å². The number of methoxy groups -OCH3 is 1. The zero-order valence-corrected chi connectivity index (χ0v) is 19.0. The van der Waals surface area contributed by atoms with Gasteiger partial charge in [-0.2, -0.15) is 5.10 Å². The van der Waals surface area contributed by atoms with E-state index in [0.29, 0.717) is 24.5 Å². The van der Waals surface area contributed by atoms with Gasteiger partial charge in [0.15, 0.2) is 0 Å². The number of hydrogen-bond acceptors (Lipinski definition) is 6. The van der Waals surface area contributed by atoms with Crippen LogP contribution in [0, 0.1) is 0 Å². The van der Waals surface area contributed by atoms with Gasteiger partial charge >= 0.3 is 0 Å². The van der Waals surface area contributed by atoms with Crippen molar-refractivity contribution >= 4 is 23.2 Å². The molecule has 0 unspecified atom stereocenters.